The van der Waals surface area contributed by atoms with Crippen molar-refractivity contribution in [3.63, 3.8) is 0 Å². The number of hydrogen-bond acceptors (Lipinski definition) is 3. The van der Waals surface area contributed by atoms with Crippen LogP contribution < -0.4 is 5.73 Å². The smallest absolute Gasteiger partial charge is 0.410 e. The van der Waals surface area contributed by atoms with E-state index in [0.717, 1.165) is 5.56 Å². The molecule has 1 aromatic carbocycles. The Labute approximate surface area is 109 Å². The summed E-state index contributed by atoms with van der Waals surface area (Å²) in [6.07, 6.45) is -0.294. The maximum atomic E-state index is 11.9. The van der Waals surface area contributed by atoms with Gasteiger partial charge in [0.1, 0.15) is 0 Å². The molecule has 1 amide bonds. The Hall–Kier alpha value is -1.55. The second-order valence-electron chi connectivity index (χ2n) is 4.67. The topological polar surface area (TPSA) is 55.6 Å². The number of benzene rings is 1. The number of rotatable bonds is 6. The molecule has 0 fully saturated rings. The molecule has 0 atom stereocenters. The Balaban J connectivity index is 2.56. The van der Waals surface area contributed by atoms with Gasteiger partial charge >= 0.3 is 6.09 Å². The summed E-state index contributed by atoms with van der Waals surface area (Å²) in [5.41, 5.74) is 6.60. The largest absolute Gasteiger partial charge is 0.449 e. The van der Waals surface area contributed by atoms with Gasteiger partial charge in [0.15, 0.2) is 0 Å². The average molecular weight is 250 g/mol. The number of carbonyl (C=O) groups excluding carboxylic acids is 1. The Morgan fingerprint density at radius 2 is 2.00 bits per heavy atom. The Bertz CT molecular complexity index is 352. The minimum atomic E-state index is -0.294. The second kappa shape index (κ2) is 7.71. The molecule has 4 heteroatoms. The molecular formula is C14H22N2O2. The van der Waals surface area contributed by atoms with E-state index in [1.807, 2.05) is 44.2 Å². The molecule has 100 valence electrons. The molecule has 0 aliphatic heterocycles. The van der Waals surface area contributed by atoms with Gasteiger partial charge in [0, 0.05) is 19.6 Å². The molecule has 0 aromatic heterocycles. The highest BCUT2D eigenvalue weighted by Gasteiger charge is 2.14. The monoisotopic (exact) mass is 250 g/mol. The fourth-order valence-electron chi connectivity index (χ4n) is 1.52. The van der Waals surface area contributed by atoms with Crippen molar-refractivity contribution in [3.8, 4) is 0 Å². The van der Waals surface area contributed by atoms with E-state index < -0.39 is 0 Å². The van der Waals surface area contributed by atoms with Gasteiger partial charge in [-0.15, -0.1) is 0 Å². The number of carbonyl (C=O) groups is 1. The predicted octanol–water partition coefficient (Wildman–Crippen LogP) is 2.24. The Kier molecular flexibility index (Phi) is 6.22. The minimum Gasteiger partial charge on any atom is -0.449 e. The first-order chi connectivity index (χ1) is 8.63. The standard InChI is InChI=1S/C14H22N2O2/c1-12(2)11-18-14(17)16(9-8-15)10-13-6-4-3-5-7-13/h3-7,12H,8-11,15H2,1-2H3. The van der Waals surface area contributed by atoms with E-state index in [9.17, 15) is 4.79 Å². The van der Waals surface area contributed by atoms with Crippen LogP contribution in [-0.2, 0) is 11.3 Å². The fourth-order valence-corrected chi connectivity index (χ4v) is 1.52. The van der Waals surface area contributed by atoms with E-state index in [0.29, 0.717) is 32.2 Å². The van der Waals surface area contributed by atoms with E-state index in [4.69, 9.17) is 10.5 Å². The van der Waals surface area contributed by atoms with Crippen molar-refractivity contribution in [3.05, 3.63) is 35.9 Å². The van der Waals surface area contributed by atoms with Crippen LogP contribution in [0.3, 0.4) is 0 Å². The second-order valence-corrected chi connectivity index (χ2v) is 4.67. The van der Waals surface area contributed by atoms with Crippen molar-refractivity contribution in [1.29, 1.82) is 0 Å². The predicted molar refractivity (Wildman–Crippen MR) is 72.1 cm³/mol. The number of amides is 1. The van der Waals surface area contributed by atoms with Crippen LogP contribution in [0.15, 0.2) is 30.3 Å². The molecule has 1 rings (SSSR count). The SMILES string of the molecule is CC(C)COC(=O)N(CCN)Cc1ccccc1. The Morgan fingerprint density at radius 3 is 2.56 bits per heavy atom. The zero-order chi connectivity index (χ0) is 13.4. The van der Waals surface area contributed by atoms with Gasteiger partial charge in [-0.25, -0.2) is 4.79 Å². The highest BCUT2D eigenvalue weighted by atomic mass is 16.6. The molecule has 0 aliphatic rings. The molecule has 1 aromatic rings. The van der Waals surface area contributed by atoms with Crippen LogP contribution in [0.1, 0.15) is 19.4 Å². The first kappa shape index (κ1) is 14.5. The average Bonchev–Trinajstić information content (AvgIpc) is 2.36. The van der Waals surface area contributed by atoms with E-state index in [-0.39, 0.29) is 6.09 Å². The van der Waals surface area contributed by atoms with Crippen LogP contribution in [0.2, 0.25) is 0 Å². The van der Waals surface area contributed by atoms with Crippen LogP contribution >= 0.6 is 0 Å². The minimum absolute atomic E-state index is 0.294. The molecule has 0 spiro atoms. The number of nitrogens with zero attached hydrogens (tertiary/aromatic N) is 1. The molecular weight excluding hydrogens is 228 g/mol. The summed E-state index contributed by atoms with van der Waals surface area (Å²) in [5.74, 6) is 0.338. The lowest BCUT2D eigenvalue weighted by Gasteiger charge is -2.22. The van der Waals surface area contributed by atoms with Gasteiger partial charge in [0.2, 0.25) is 0 Å². The van der Waals surface area contributed by atoms with Crippen LogP contribution in [0.25, 0.3) is 0 Å². The summed E-state index contributed by atoms with van der Waals surface area (Å²) in [6, 6.07) is 9.83. The number of ether oxygens (including phenoxy) is 1. The molecule has 0 radical (unpaired) electrons. The zero-order valence-corrected chi connectivity index (χ0v) is 11.1. The molecule has 0 saturated heterocycles. The van der Waals surface area contributed by atoms with Crippen molar-refractivity contribution < 1.29 is 9.53 Å². The van der Waals surface area contributed by atoms with Crippen LogP contribution in [-0.4, -0.2) is 30.7 Å². The van der Waals surface area contributed by atoms with Crippen molar-refractivity contribution in [2.45, 2.75) is 20.4 Å². The van der Waals surface area contributed by atoms with Crippen molar-refractivity contribution in [2.75, 3.05) is 19.7 Å². The van der Waals surface area contributed by atoms with Gasteiger partial charge in [-0.1, -0.05) is 44.2 Å². The van der Waals surface area contributed by atoms with Gasteiger partial charge in [-0.05, 0) is 11.5 Å². The molecule has 18 heavy (non-hydrogen) atoms. The highest BCUT2D eigenvalue weighted by Crippen LogP contribution is 2.06. The molecule has 0 bridgehead atoms. The third kappa shape index (κ3) is 5.19. The van der Waals surface area contributed by atoms with Gasteiger partial charge < -0.3 is 15.4 Å². The van der Waals surface area contributed by atoms with Gasteiger partial charge in [0.05, 0.1) is 6.61 Å². The van der Waals surface area contributed by atoms with Crippen molar-refractivity contribution in [2.24, 2.45) is 11.7 Å². The van der Waals surface area contributed by atoms with Crippen molar-refractivity contribution >= 4 is 6.09 Å². The maximum absolute atomic E-state index is 11.9. The van der Waals surface area contributed by atoms with Crippen LogP contribution in [0.4, 0.5) is 4.79 Å². The molecule has 4 nitrogen and oxygen atoms in total. The van der Waals surface area contributed by atoms with Crippen LogP contribution in [0.5, 0.6) is 0 Å². The molecule has 0 heterocycles. The molecule has 0 unspecified atom stereocenters. The first-order valence-electron chi connectivity index (χ1n) is 6.29. The number of nitrogens with two attached hydrogens (primary N) is 1. The first-order valence-corrected chi connectivity index (χ1v) is 6.29. The highest BCUT2D eigenvalue weighted by molar-refractivity contribution is 5.67. The van der Waals surface area contributed by atoms with Gasteiger partial charge in [-0.2, -0.15) is 0 Å². The summed E-state index contributed by atoms with van der Waals surface area (Å²) in [4.78, 5) is 13.5. The number of hydrogen-bond donors (Lipinski definition) is 1. The van der Waals surface area contributed by atoms with E-state index >= 15 is 0 Å². The maximum Gasteiger partial charge on any atom is 0.410 e. The quantitative estimate of drug-likeness (QED) is 0.842. The lowest BCUT2D eigenvalue weighted by Crippen LogP contribution is -2.35. The fraction of sp³-hybridized carbons (Fsp3) is 0.500. The zero-order valence-electron chi connectivity index (χ0n) is 11.1. The van der Waals surface area contributed by atoms with Crippen molar-refractivity contribution in [1.82, 2.24) is 4.90 Å². The van der Waals surface area contributed by atoms with Gasteiger partial charge in [-0.3, -0.25) is 0 Å². The summed E-state index contributed by atoms with van der Waals surface area (Å²) in [6.45, 7) is 5.94. The molecule has 0 saturated carbocycles. The third-order valence-electron chi connectivity index (χ3n) is 2.41. The van der Waals surface area contributed by atoms with Crippen LogP contribution in [0, 0.1) is 5.92 Å². The van der Waals surface area contributed by atoms with E-state index in [1.165, 1.54) is 0 Å². The summed E-state index contributed by atoms with van der Waals surface area (Å²) in [5, 5.41) is 0. The van der Waals surface area contributed by atoms with E-state index in [2.05, 4.69) is 0 Å². The lowest BCUT2D eigenvalue weighted by molar-refractivity contribution is 0.0906. The normalized spacial score (nSPS) is 10.4. The lowest BCUT2D eigenvalue weighted by atomic mass is 10.2. The summed E-state index contributed by atoms with van der Waals surface area (Å²) >= 11 is 0. The third-order valence-corrected chi connectivity index (χ3v) is 2.41. The van der Waals surface area contributed by atoms with E-state index in [1.54, 1.807) is 4.90 Å². The Morgan fingerprint density at radius 1 is 1.33 bits per heavy atom. The molecule has 0 aliphatic carbocycles. The summed E-state index contributed by atoms with van der Waals surface area (Å²) < 4.78 is 5.22. The molecule has 2 N–H and O–H groups in total. The summed E-state index contributed by atoms with van der Waals surface area (Å²) in [7, 11) is 0. The van der Waals surface area contributed by atoms with Gasteiger partial charge in [0.25, 0.3) is 0 Å².